The van der Waals surface area contributed by atoms with Crippen LogP contribution in [0.4, 0.5) is 0 Å². The van der Waals surface area contributed by atoms with Crippen LogP contribution in [0.5, 0.6) is 0 Å². The second-order valence-electron chi connectivity index (χ2n) is 5.14. The molecule has 19 heavy (non-hydrogen) atoms. The van der Waals surface area contributed by atoms with Gasteiger partial charge in [-0.15, -0.1) is 0 Å². The minimum absolute atomic E-state index is 0.587. The maximum absolute atomic E-state index is 10.5. The second kappa shape index (κ2) is 7.93. The fraction of sp³-hybridized carbons (Fsp3) is 0.562. The summed E-state index contributed by atoms with van der Waals surface area (Å²) < 4.78 is 0. The fourth-order valence-electron chi connectivity index (χ4n) is 2.37. The summed E-state index contributed by atoms with van der Waals surface area (Å²) in [6.07, 6.45) is 3.66. The van der Waals surface area contributed by atoms with Crippen LogP contribution in [0.25, 0.3) is 0 Å². The number of nitriles is 1. The van der Waals surface area contributed by atoms with Crippen molar-refractivity contribution in [1.29, 1.82) is 5.26 Å². The molecule has 0 saturated heterocycles. The van der Waals surface area contributed by atoms with Gasteiger partial charge in [0.15, 0.2) is 0 Å². The normalized spacial score (nSPS) is 11.3. The van der Waals surface area contributed by atoms with Gasteiger partial charge in [-0.3, -0.25) is 0 Å². The second-order valence-corrected chi connectivity index (χ2v) is 5.14. The lowest BCUT2D eigenvalue weighted by Crippen LogP contribution is -2.40. The van der Waals surface area contributed by atoms with Crippen LogP contribution in [0, 0.1) is 11.3 Å². The minimum atomic E-state index is -0.587. The predicted octanol–water partition coefficient (Wildman–Crippen LogP) is 2.98. The van der Waals surface area contributed by atoms with Gasteiger partial charge in [-0.2, -0.15) is 5.26 Å². The molecule has 1 aromatic rings. The van der Waals surface area contributed by atoms with Crippen LogP contribution in [0.2, 0.25) is 0 Å². The molecule has 3 heteroatoms. The zero-order chi connectivity index (χ0) is 14.1. The first-order valence-corrected chi connectivity index (χ1v) is 7.05. The molecule has 2 N–H and O–H groups in total. The van der Waals surface area contributed by atoms with E-state index >= 15 is 0 Å². The Labute approximate surface area is 116 Å². The summed E-state index contributed by atoms with van der Waals surface area (Å²) in [5.74, 6) is 0. The highest BCUT2D eigenvalue weighted by Crippen LogP contribution is 2.18. The van der Waals surface area contributed by atoms with Gasteiger partial charge in [-0.1, -0.05) is 38.8 Å². The Bertz CT molecular complexity index is 400. The summed E-state index contributed by atoms with van der Waals surface area (Å²) in [7, 11) is 0. The largest absolute Gasteiger partial charge is 0.389 e. The minimum Gasteiger partial charge on any atom is -0.389 e. The van der Waals surface area contributed by atoms with Gasteiger partial charge in [0.1, 0.15) is 0 Å². The molecule has 0 spiro atoms. The molecule has 0 atom stereocenters. The van der Waals surface area contributed by atoms with Crippen molar-refractivity contribution in [3.8, 4) is 6.07 Å². The fourth-order valence-corrected chi connectivity index (χ4v) is 2.37. The first kappa shape index (κ1) is 15.7. The van der Waals surface area contributed by atoms with Crippen molar-refractivity contribution in [2.24, 2.45) is 0 Å². The molecule has 0 aromatic heterocycles. The molecule has 0 aliphatic rings. The van der Waals surface area contributed by atoms with Gasteiger partial charge < -0.3 is 10.4 Å². The van der Waals surface area contributed by atoms with Gasteiger partial charge in [0.2, 0.25) is 0 Å². The molecule has 1 aromatic carbocycles. The van der Waals surface area contributed by atoms with Crippen molar-refractivity contribution in [3.63, 3.8) is 0 Å². The number of rotatable bonds is 8. The highest BCUT2D eigenvalue weighted by atomic mass is 16.3. The number of nitrogens with one attached hydrogen (secondary N) is 1. The Morgan fingerprint density at radius 1 is 1.16 bits per heavy atom. The summed E-state index contributed by atoms with van der Waals surface area (Å²) in [5.41, 5.74) is 1.22. The van der Waals surface area contributed by atoms with Gasteiger partial charge in [0.05, 0.1) is 17.2 Å². The van der Waals surface area contributed by atoms with Crippen LogP contribution >= 0.6 is 0 Å². The van der Waals surface area contributed by atoms with Crippen LogP contribution < -0.4 is 5.32 Å². The van der Waals surface area contributed by atoms with Crippen LogP contribution in [-0.2, 0) is 6.54 Å². The van der Waals surface area contributed by atoms with Crippen LogP contribution in [0.1, 0.15) is 50.7 Å². The number of hydrogen-bond donors (Lipinski definition) is 2. The Kier molecular flexibility index (Phi) is 6.55. The standard InChI is InChI=1S/C16H24N2O/c1-3-9-16(19,10-4-2)13-18-12-15-7-5-14(11-17)6-8-15/h5-8,18-19H,3-4,9-10,12-13H2,1-2H3. The molecular formula is C16H24N2O. The first-order chi connectivity index (χ1) is 9.13. The summed E-state index contributed by atoms with van der Waals surface area (Å²) in [5, 5.41) is 22.5. The molecule has 1 rings (SSSR count). The maximum Gasteiger partial charge on any atom is 0.0991 e. The van der Waals surface area contributed by atoms with Crippen molar-refractivity contribution >= 4 is 0 Å². The van der Waals surface area contributed by atoms with Crippen LogP contribution in [0.3, 0.4) is 0 Å². The highest BCUT2D eigenvalue weighted by Gasteiger charge is 2.23. The third-order valence-electron chi connectivity index (χ3n) is 3.30. The summed E-state index contributed by atoms with van der Waals surface area (Å²) >= 11 is 0. The lowest BCUT2D eigenvalue weighted by atomic mass is 9.92. The molecule has 0 saturated carbocycles. The zero-order valence-corrected chi connectivity index (χ0v) is 11.9. The molecule has 104 valence electrons. The summed E-state index contributed by atoms with van der Waals surface area (Å²) in [4.78, 5) is 0. The van der Waals surface area contributed by atoms with Gasteiger partial charge in [0, 0.05) is 13.1 Å². The monoisotopic (exact) mass is 260 g/mol. The molecule has 3 nitrogen and oxygen atoms in total. The average molecular weight is 260 g/mol. The van der Waals surface area contributed by atoms with E-state index in [0.29, 0.717) is 12.1 Å². The SMILES string of the molecule is CCCC(O)(CCC)CNCc1ccc(C#N)cc1. The van der Waals surface area contributed by atoms with E-state index in [2.05, 4.69) is 25.2 Å². The maximum atomic E-state index is 10.5. The van der Waals surface area contributed by atoms with Crippen LogP contribution in [0.15, 0.2) is 24.3 Å². The Hall–Kier alpha value is -1.37. The van der Waals surface area contributed by atoms with Gasteiger partial charge >= 0.3 is 0 Å². The topological polar surface area (TPSA) is 56.0 Å². The number of aliphatic hydroxyl groups is 1. The average Bonchev–Trinajstić information content (AvgIpc) is 2.40. The lowest BCUT2D eigenvalue weighted by Gasteiger charge is -2.28. The van der Waals surface area contributed by atoms with E-state index in [9.17, 15) is 5.11 Å². The molecule has 0 unspecified atom stereocenters. The van der Waals surface area contributed by atoms with E-state index in [1.54, 1.807) is 0 Å². The van der Waals surface area contributed by atoms with Gasteiger partial charge in [-0.05, 0) is 30.5 Å². The third kappa shape index (κ3) is 5.42. The lowest BCUT2D eigenvalue weighted by molar-refractivity contribution is 0.0215. The third-order valence-corrected chi connectivity index (χ3v) is 3.30. The van der Waals surface area contributed by atoms with Gasteiger partial charge in [0.25, 0.3) is 0 Å². The Balaban J connectivity index is 2.45. The van der Waals surface area contributed by atoms with Crippen molar-refractivity contribution in [2.75, 3.05) is 6.54 Å². The smallest absolute Gasteiger partial charge is 0.0991 e. The van der Waals surface area contributed by atoms with E-state index in [-0.39, 0.29) is 0 Å². The van der Waals surface area contributed by atoms with E-state index in [1.165, 1.54) is 0 Å². The Morgan fingerprint density at radius 2 is 1.74 bits per heavy atom. The van der Waals surface area contributed by atoms with Gasteiger partial charge in [-0.25, -0.2) is 0 Å². The molecule has 0 bridgehead atoms. The Morgan fingerprint density at radius 3 is 2.21 bits per heavy atom. The van der Waals surface area contributed by atoms with E-state index < -0.39 is 5.60 Å². The molecule has 0 aliphatic heterocycles. The zero-order valence-electron chi connectivity index (χ0n) is 11.9. The molecule has 0 amide bonds. The summed E-state index contributed by atoms with van der Waals surface area (Å²) in [6.45, 7) is 5.54. The van der Waals surface area contributed by atoms with Crippen LogP contribution in [-0.4, -0.2) is 17.3 Å². The van der Waals surface area contributed by atoms with Crippen molar-refractivity contribution in [1.82, 2.24) is 5.32 Å². The predicted molar refractivity (Wildman–Crippen MR) is 77.6 cm³/mol. The quantitative estimate of drug-likeness (QED) is 0.755. The summed E-state index contributed by atoms with van der Waals surface area (Å²) in [6, 6.07) is 9.65. The first-order valence-electron chi connectivity index (χ1n) is 7.05. The van der Waals surface area contributed by atoms with Crippen molar-refractivity contribution in [2.45, 2.75) is 51.7 Å². The molecule has 0 radical (unpaired) electrons. The molecule has 0 heterocycles. The van der Waals surface area contributed by atoms with Crippen molar-refractivity contribution < 1.29 is 5.11 Å². The number of nitrogens with zero attached hydrogens (tertiary/aromatic N) is 1. The molecular weight excluding hydrogens is 236 g/mol. The molecule has 0 fully saturated rings. The molecule has 0 aliphatic carbocycles. The number of benzene rings is 1. The highest BCUT2D eigenvalue weighted by molar-refractivity contribution is 5.31. The van der Waals surface area contributed by atoms with E-state index in [0.717, 1.165) is 37.8 Å². The van der Waals surface area contributed by atoms with E-state index in [4.69, 9.17) is 5.26 Å². The van der Waals surface area contributed by atoms with E-state index in [1.807, 2.05) is 24.3 Å². The van der Waals surface area contributed by atoms with Crippen molar-refractivity contribution in [3.05, 3.63) is 35.4 Å². The number of hydrogen-bond acceptors (Lipinski definition) is 3.